The van der Waals surface area contributed by atoms with Crippen molar-refractivity contribution in [1.82, 2.24) is 25.5 Å². The average molecular weight is 324 g/mol. The van der Waals surface area contributed by atoms with E-state index in [1.807, 2.05) is 38.1 Å². The van der Waals surface area contributed by atoms with Gasteiger partial charge in [0.1, 0.15) is 0 Å². The second-order valence-electron chi connectivity index (χ2n) is 4.16. The minimum Gasteiger partial charge on any atom is -0.347 e. The largest absolute Gasteiger partial charge is 0.347 e. The lowest BCUT2D eigenvalue weighted by atomic mass is 10.2. The molecule has 0 aliphatic heterocycles. The molecule has 1 atom stereocenters. The molecule has 2 rings (SSSR count). The first-order valence-corrected chi connectivity index (χ1v) is 6.76. The zero-order valence-electron chi connectivity index (χ0n) is 10.7. The average Bonchev–Trinajstić information content (AvgIpc) is 2.89. The van der Waals surface area contributed by atoms with Crippen LogP contribution < -0.4 is 5.32 Å². The van der Waals surface area contributed by atoms with Gasteiger partial charge in [0.05, 0.1) is 5.69 Å². The summed E-state index contributed by atoms with van der Waals surface area (Å²) in [5.41, 5.74) is 0.748. The maximum atomic E-state index is 11.8. The molecule has 1 amide bonds. The van der Waals surface area contributed by atoms with Crippen LogP contribution in [0.3, 0.4) is 0 Å². The van der Waals surface area contributed by atoms with Gasteiger partial charge in [-0.05, 0) is 42.8 Å². The summed E-state index contributed by atoms with van der Waals surface area (Å²) >= 11 is 3.35. The normalized spacial score (nSPS) is 12.2. The fourth-order valence-electron chi connectivity index (χ4n) is 1.38. The van der Waals surface area contributed by atoms with E-state index in [0.29, 0.717) is 0 Å². The number of nitrogens with zero attached hydrogens (tertiary/aromatic N) is 4. The quantitative estimate of drug-likeness (QED) is 0.933. The number of halogens is 1. The lowest BCUT2D eigenvalue weighted by molar-refractivity contribution is 0.0928. The maximum Gasteiger partial charge on any atom is 0.293 e. The van der Waals surface area contributed by atoms with E-state index in [9.17, 15) is 4.79 Å². The van der Waals surface area contributed by atoms with Crippen LogP contribution in [0.2, 0.25) is 0 Å². The van der Waals surface area contributed by atoms with Crippen LogP contribution in [0.1, 0.15) is 30.9 Å². The molecule has 0 saturated carbocycles. The number of nitrogens with one attached hydrogen (secondary N) is 1. The molecule has 0 spiro atoms. The molecule has 19 heavy (non-hydrogen) atoms. The Morgan fingerprint density at radius 2 is 2.11 bits per heavy atom. The Labute approximate surface area is 119 Å². The number of benzene rings is 1. The van der Waals surface area contributed by atoms with Crippen molar-refractivity contribution >= 4 is 21.8 Å². The highest BCUT2D eigenvalue weighted by molar-refractivity contribution is 9.10. The summed E-state index contributed by atoms with van der Waals surface area (Å²) in [6, 6.07) is 7.51. The Morgan fingerprint density at radius 1 is 1.42 bits per heavy atom. The lowest BCUT2D eigenvalue weighted by Gasteiger charge is -2.08. The van der Waals surface area contributed by atoms with E-state index < -0.39 is 0 Å². The number of hydrogen-bond acceptors (Lipinski definition) is 4. The number of carbonyl (C=O) groups excluding carboxylic acids is 1. The number of hydrogen-bond donors (Lipinski definition) is 1. The van der Waals surface area contributed by atoms with Gasteiger partial charge in [-0.2, -0.15) is 0 Å². The van der Waals surface area contributed by atoms with Gasteiger partial charge in [0, 0.05) is 10.5 Å². The Balaban J connectivity index is 2.15. The van der Waals surface area contributed by atoms with E-state index in [1.54, 1.807) is 0 Å². The molecule has 1 N–H and O–H groups in total. The minimum absolute atomic E-state index is 0.0724. The summed E-state index contributed by atoms with van der Waals surface area (Å²) in [4.78, 5) is 13.1. The molecule has 0 radical (unpaired) electrons. The van der Waals surface area contributed by atoms with Crippen molar-refractivity contribution < 1.29 is 4.79 Å². The Bertz CT molecular complexity index is 566. The van der Waals surface area contributed by atoms with Crippen molar-refractivity contribution in [3.05, 3.63) is 34.6 Å². The van der Waals surface area contributed by atoms with Crippen LogP contribution in [0.5, 0.6) is 0 Å². The molecule has 2 aromatic rings. The van der Waals surface area contributed by atoms with Gasteiger partial charge in [0.2, 0.25) is 0 Å². The molecule has 7 heteroatoms. The van der Waals surface area contributed by atoms with Gasteiger partial charge in [-0.1, -0.05) is 22.9 Å². The van der Waals surface area contributed by atoms with Crippen molar-refractivity contribution in [2.45, 2.75) is 26.3 Å². The van der Waals surface area contributed by atoms with Gasteiger partial charge in [-0.25, -0.2) is 0 Å². The number of rotatable bonds is 4. The van der Waals surface area contributed by atoms with Crippen LogP contribution in [0, 0.1) is 0 Å². The molecular weight excluding hydrogens is 310 g/mol. The van der Waals surface area contributed by atoms with Gasteiger partial charge in [0.25, 0.3) is 11.7 Å². The molecule has 0 aliphatic rings. The van der Waals surface area contributed by atoms with Crippen LogP contribution in [-0.2, 0) is 0 Å². The predicted molar refractivity (Wildman–Crippen MR) is 74.1 cm³/mol. The van der Waals surface area contributed by atoms with Crippen molar-refractivity contribution in [1.29, 1.82) is 0 Å². The molecule has 1 aromatic heterocycles. The first-order valence-electron chi connectivity index (χ1n) is 5.97. The van der Waals surface area contributed by atoms with E-state index in [1.165, 1.54) is 4.80 Å². The van der Waals surface area contributed by atoms with Crippen LogP contribution in [0.15, 0.2) is 28.7 Å². The molecule has 0 unspecified atom stereocenters. The van der Waals surface area contributed by atoms with Gasteiger partial charge in [0.15, 0.2) is 0 Å². The van der Waals surface area contributed by atoms with Crippen LogP contribution in [0.4, 0.5) is 0 Å². The zero-order valence-corrected chi connectivity index (χ0v) is 12.3. The van der Waals surface area contributed by atoms with E-state index in [4.69, 9.17) is 0 Å². The highest BCUT2D eigenvalue weighted by atomic mass is 79.9. The smallest absolute Gasteiger partial charge is 0.293 e. The summed E-state index contributed by atoms with van der Waals surface area (Å²) in [7, 11) is 0. The van der Waals surface area contributed by atoms with Gasteiger partial charge >= 0.3 is 0 Å². The van der Waals surface area contributed by atoms with Crippen molar-refractivity contribution in [3.63, 3.8) is 0 Å². The minimum atomic E-state index is -0.308. The lowest BCUT2D eigenvalue weighted by Crippen LogP contribution is -2.32. The number of tetrazole rings is 1. The van der Waals surface area contributed by atoms with Crippen LogP contribution in [0.25, 0.3) is 5.69 Å². The third kappa shape index (κ3) is 3.37. The Morgan fingerprint density at radius 3 is 2.74 bits per heavy atom. The molecule has 0 fully saturated rings. The first-order chi connectivity index (χ1) is 9.10. The first kappa shape index (κ1) is 13.7. The summed E-state index contributed by atoms with van der Waals surface area (Å²) in [5, 5.41) is 14.5. The number of carbonyl (C=O) groups is 1. The third-order valence-corrected chi connectivity index (χ3v) is 3.19. The molecule has 100 valence electrons. The number of amides is 1. The Kier molecular flexibility index (Phi) is 4.26. The summed E-state index contributed by atoms with van der Waals surface area (Å²) in [5.74, 6) is -0.235. The second-order valence-corrected chi connectivity index (χ2v) is 5.08. The highest BCUT2D eigenvalue weighted by Gasteiger charge is 2.15. The summed E-state index contributed by atoms with van der Waals surface area (Å²) in [6.07, 6.45) is 0.854. The molecule has 0 bridgehead atoms. The highest BCUT2D eigenvalue weighted by Crippen LogP contribution is 2.12. The molecule has 1 heterocycles. The molecular formula is C12H14BrN5O. The zero-order chi connectivity index (χ0) is 13.8. The van der Waals surface area contributed by atoms with Crippen LogP contribution in [-0.4, -0.2) is 32.2 Å². The van der Waals surface area contributed by atoms with Gasteiger partial charge in [-0.15, -0.1) is 15.0 Å². The van der Waals surface area contributed by atoms with Gasteiger partial charge in [-0.3, -0.25) is 4.79 Å². The molecule has 6 nitrogen and oxygen atoms in total. The molecule has 0 saturated heterocycles. The summed E-state index contributed by atoms with van der Waals surface area (Å²) in [6.45, 7) is 3.92. The summed E-state index contributed by atoms with van der Waals surface area (Å²) < 4.78 is 0.964. The van der Waals surface area contributed by atoms with Crippen LogP contribution >= 0.6 is 15.9 Å². The SMILES string of the molecule is CC[C@@H](C)NC(=O)c1nnn(-c2ccc(Br)cc2)n1. The van der Waals surface area contributed by atoms with Gasteiger partial charge < -0.3 is 5.32 Å². The standard InChI is InChI=1S/C12H14BrN5O/c1-3-8(2)14-12(19)11-15-17-18(16-11)10-6-4-9(13)5-7-10/h4-8H,3H2,1-2H3,(H,14,19)/t8-/m1/s1. The maximum absolute atomic E-state index is 11.8. The third-order valence-electron chi connectivity index (χ3n) is 2.66. The number of aromatic nitrogens is 4. The molecule has 1 aromatic carbocycles. The fourth-order valence-corrected chi connectivity index (χ4v) is 1.64. The Hall–Kier alpha value is -1.76. The van der Waals surface area contributed by atoms with Crippen molar-refractivity contribution in [3.8, 4) is 5.69 Å². The second kappa shape index (κ2) is 5.92. The van der Waals surface area contributed by atoms with E-state index in [-0.39, 0.29) is 17.8 Å². The predicted octanol–water partition coefficient (Wildman–Crippen LogP) is 1.95. The van der Waals surface area contributed by atoms with E-state index in [0.717, 1.165) is 16.6 Å². The topological polar surface area (TPSA) is 72.7 Å². The fraction of sp³-hybridized carbons (Fsp3) is 0.333. The van der Waals surface area contributed by atoms with Crippen molar-refractivity contribution in [2.24, 2.45) is 0 Å². The van der Waals surface area contributed by atoms with Crippen molar-refractivity contribution in [2.75, 3.05) is 0 Å². The van der Waals surface area contributed by atoms with E-state index in [2.05, 4.69) is 36.7 Å². The monoisotopic (exact) mass is 323 g/mol. The van der Waals surface area contributed by atoms with E-state index >= 15 is 0 Å². The molecule has 0 aliphatic carbocycles.